The summed E-state index contributed by atoms with van der Waals surface area (Å²) in [6, 6.07) is -0.377. The van der Waals surface area contributed by atoms with Gasteiger partial charge >= 0.3 is 12.0 Å². The Morgan fingerprint density at radius 3 is 2.61 bits per heavy atom. The first-order valence-corrected chi connectivity index (χ1v) is 6.51. The Hall–Kier alpha value is -1.30. The molecule has 0 aromatic carbocycles. The Labute approximate surface area is 107 Å². The molecule has 104 valence electrons. The summed E-state index contributed by atoms with van der Waals surface area (Å²) in [5, 5.41) is 5.04. The van der Waals surface area contributed by atoms with Crippen molar-refractivity contribution in [1.82, 2.24) is 10.6 Å². The van der Waals surface area contributed by atoms with Gasteiger partial charge in [-0.1, -0.05) is 12.8 Å². The summed E-state index contributed by atoms with van der Waals surface area (Å²) >= 11 is 0. The molecule has 0 atom stereocenters. The summed E-state index contributed by atoms with van der Waals surface area (Å²) in [6.07, 6.45) is 5.06. The van der Waals surface area contributed by atoms with E-state index in [1.165, 1.54) is 12.8 Å². The maximum absolute atomic E-state index is 11.3. The maximum Gasteiger partial charge on any atom is 0.325 e. The second-order valence-corrected chi connectivity index (χ2v) is 4.19. The largest absolute Gasteiger partial charge is 0.465 e. The Kier molecular flexibility index (Phi) is 7.17. The van der Waals surface area contributed by atoms with E-state index in [0.29, 0.717) is 25.9 Å². The van der Waals surface area contributed by atoms with E-state index < -0.39 is 5.97 Å². The topological polar surface area (TPSA) is 76.7 Å². The van der Waals surface area contributed by atoms with Crippen molar-refractivity contribution < 1.29 is 19.1 Å². The minimum absolute atomic E-state index is 0.108. The summed E-state index contributed by atoms with van der Waals surface area (Å²) in [5.74, 6) is -0.435. The molecular formula is C12H22N2O4. The minimum Gasteiger partial charge on any atom is -0.465 e. The standard InChI is InChI=1S/C12H22N2O4/c1-2-17-11(15)9-14-12(16)13-7-8-18-10-5-3-4-6-10/h10H,2-9H2,1H3,(H2,13,14,16). The van der Waals surface area contributed by atoms with Gasteiger partial charge in [-0.05, 0) is 19.8 Å². The predicted molar refractivity (Wildman–Crippen MR) is 66.2 cm³/mol. The number of carbonyl (C=O) groups is 2. The van der Waals surface area contributed by atoms with Crippen LogP contribution in [0.25, 0.3) is 0 Å². The number of urea groups is 1. The Morgan fingerprint density at radius 1 is 1.22 bits per heavy atom. The Morgan fingerprint density at radius 2 is 1.94 bits per heavy atom. The monoisotopic (exact) mass is 258 g/mol. The average Bonchev–Trinajstić information content (AvgIpc) is 2.85. The second-order valence-electron chi connectivity index (χ2n) is 4.19. The third-order valence-corrected chi connectivity index (χ3v) is 2.74. The molecule has 0 radical (unpaired) electrons. The molecule has 1 aliphatic rings. The molecular weight excluding hydrogens is 236 g/mol. The molecule has 18 heavy (non-hydrogen) atoms. The van der Waals surface area contributed by atoms with Crippen LogP contribution in [0.4, 0.5) is 4.79 Å². The van der Waals surface area contributed by atoms with Crippen LogP contribution < -0.4 is 10.6 Å². The molecule has 2 N–H and O–H groups in total. The molecule has 0 bridgehead atoms. The number of rotatable bonds is 7. The number of carbonyl (C=O) groups excluding carboxylic acids is 2. The van der Waals surface area contributed by atoms with Gasteiger partial charge in [-0.25, -0.2) is 4.79 Å². The Balaban J connectivity index is 1.94. The van der Waals surface area contributed by atoms with E-state index >= 15 is 0 Å². The van der Waals surface area contributed by atoms with E-state index in [1.807, 2.05) is 0 Å². The first kappa shape index (κ1) is 14.8. The fourth-order valence-electron chi connectivity index (χ4n) is 1.87. The third kappa shape index (κ3) is 6.44. The summed E-state index contributed by atoms with van der Waals surface area (Å²) in [7, 11) is 0. The summed E-state index contributed by atoms with van der Waals surface area (Å²) in [4.78, 5) is 22.2. The number of hydrogen-bond donors (Lipinski definition) is 2. The van der Waals surface area contributed by atoms with E-state index in [1.54, 1.807) is 6.92 Å². The normalized spacial score (nSPS) is 15.4. The van der Waals surface area contributed by atoms with Crippen LogP contribution in [0.15, 0.2) is 0 Å². The van der Waals surface area contributed by atoms with Gasteiger partial charge in [0.25, 0.3) is 0 Å². The third-order valence-electron chi connectivity index (χ3n) is 2.74. The summed E-state index contributed by atoms with van der Waals surface area (Å²) in [5.41, 5.74) is 0. The molecule has 6 heteroatoms. The van der Waals surface area contributed by atoms with Gasteiger partial charge in [0, 0.05) is 6.54 Å². The van der Waals surface area contributed by atoms with E-state index in [-0.39, 0.29) is 12.6 Å². The lowest BCUT2D eigenvalue weighted by atomic mass is 10.3. The van der Waals surface area contributed by atoms with Crippen molar-refractivity contribution in [1.29, 1.82) is 0 Å². The molecule has 0 unspecified atom stereocenters. The van der Waals surface area contributed by atoms with E-state index in [2.05, 4.69) is 15.4 Å². The maximum atomic E-state index is 11.3. The molecule has 0 spiro atoms. The van der Waals surface area contributed by atoms with Gasteiger partial charge < -0.3 is 20.1 Å². The van der Waals surface area contributed by atoms with Crippen molar-refractivity contribution in [3.8, 4) is 0 Å². The highest BCUT2D eigenvalue weighted by molar-refractivity contribution is 5.80. The summed E-state index contributed by atoms with van der Waals surface area (Å²) < 4.78 is 10.3. The van der Waals surface area contributed by atoms with Gasteiger partial charge in [0.05, 0.1) is 19.3 Å². The van der Waals surface area contributed by atoms with Gasteiger partial charge in [-0.15, -0.1) is 0 Å². The van der Waals surface area contributed by atoms with E-state index in [4.69, 9.17) is 4.74 Å². The quantitative estimate of drug-likeness (QED) is 0.523. The van der Waals surface area contributed by atoms with Gasteiger partial charge in [0.15, 0.2) is 0 Å². The SMILES string of the molecule is CCOC(=O)CNC(=O)NCCOC1CCCC1. The molecule has 6 nitrogen and oxygen atoms in total. The zero-order chi connectivity index (χ0) is 13.2. The van der Waals surface area contributed by atoms with Gasteiger partial charge in [0.2, 0.25) is 0 Å². The fraction of sp³-hybridized carbons (Fsp3) is 0.833. The molecule has 1 rings (SSSR count). The lowest BCUT2D eigenvalue weighted by molar-refractivity contribution is -0.141. The molecule has 0 saturated heterocycles. The van der Waals surface area contributed by atoms with Crippen molar-refractivity contribution in [3.05, 3.63) is 0 Å². The van der Waals surface area contributed by atoms with Crippen LogP contribution in [-0.2, 0) is 14.3 Å². The van der Waals surface area contributed by atoms with Crippen LogP contribution in [0.1, 0.15) is 32.6 Å². The number of amides is 2. The first-order chi connectivity index (χ1) is 8.72. The van der Waals surface area contributed by atoms with Crippen LogP contribution in [0.2, 0.25) is 0 Å². The summed E-state index contributed by atoms with van der Waals surface area (Å²) in [6.45, 7) is 2.89. The van der Waals surface area contributed by atoms with Crippen LogP contribution in [0.3, 0.4) is 0 Å². The molecule has 0 aliphatic heterocycles. The van der Waals surface area contributed by atoms with Crippen molar-refractivity contribution in [2.24, 2.45) is 0 Å². The highest BCUT2D eigenvalue weighted by Gasteiger charge is 2.14. The minimum atomic E-state index is -0.435. The van der Waals surface area contributed by atoms with Crippen LogP contribution in [0, 0.1) is 0 Å². The Bertz CT molecular complexity index is 265. The number of ether oxygens (including phenoxy) is 2. The van der Waals surface area contributed by atoms with Gasteiger partial charge in [-0.2, -0.15) is 0 Å². The lowest BCUT2D eigenvalue weighted by Crippen LogP contribution is -2.40. The van der Waals surface area contributed by atoms with Crippen LogP contribution in [-0.4, -0.2) is 44.4 Å². The van der Waals surface area contributed by atoms with Crippen LogP contribution in [0.5, 0.6) is 0 Å². The average molecular weight is 258 g/mol. The zero-order valence-corrected chi connectivity index (χ0v) is 10.9. The highest BCUT2D eigenvalue weighted by Crippen LogP contribution is 2.20. The fourth-order valence-corrected chi connectivity index (χ4v) is 1.87. The number of esters is 1. The smallest absolute Gasteiger partial charge is 0.325 e. The number of nitrogens with one attached hydrogen (secondary N) is 2. The zero-order valence-electron chi connectivity index (χ0n) is 10.9. The number of hydrogen-bond acceptors (Lipinski definition) is 4. The molecule has 0 aromatic rings. The van der Waals surface area contributed by atoms with Crippen molar-refractivity contribution >= 4 is 12.0 Å². The van der Waals surface area contributed by atoms with Crippen molar-refractivity contribution in [2.45, 2.75) is 38.7 Å². The first-order valence-electron chi connectivity index (χ1n) is 6.51. The molecule has 1 saturated carbocycles. The molecule has 0 aromatic heterocycles. The lowest BCUT2D eigenvalue weighted by Gasteiger charge is -2.11. The van der Waals surface area contributed by atoms with Crippen molar-refractivity contribution in [2.75, 3.05) is 26.3 Å². The highest BCUT2D eigenvalue weighted by atomic mass is 16.5. The van der Waals surface area contributed by atoms with Crippen molar-refractivity contribution in [3.63, 3.8) is 0 Å². The van der Waals surface area contributed by atoms with Gasteiger partial charge in [0.1, 0.15) is 6.54 Å². The molecule has 1 aliphatic carbocycles. The predicted octanol–water partition coefficient (Wildman–Crippen LogP) is 0.808. The molecule has 0 heterocycles. The second kappa shape index (κ2) is 8.74. The van der Waals surface area contributed by atoms with Gasteiger partial charge in [-0.3, -0.25) is 4.79 Å². The molecule has 1 fully saturated rings. The molecule has 2 amide bonds. The van der Waals surface area contributed by atoms with Crippen LogP contribution >= 0.6 is 0 Å². The van der Waals surface area contributed by atoms with E-state index in [0.717, 1.165) is 12.8 Å². The van der Waals surface area contributed by atoms with E-state index in [9.17, 15) is 9.59 Å².